The number of aromatic nitrogens is 2. The van der Waals surface area contributed by atoms with Gasteiger partial charge >= 0.3 is 0 Å². The molecule has 1 aliphatic heterocycles. The van der Waals surface area contributed by atoms with E-state index < -0.39 is 10.0 Å². The highest BCUT2D eigenvalue weighted by atomic mass is 32.2. The maximum absolute atomic E-state index is 13.1. The van der Waals surface area contributed by atoms with E-state index in [0.717, 1.165) is 15.3 Å². The molecule has 9 heteroatoms. The fraction of sp³-hybridized carbons (Fsp3) is 0.167. The van der Waals surface area contributed by atoms with Crippen molar-refractivity contribution >= 4 is 44.4 Å². The summed E-state index contributed by atoms with van der Waals surface area (Å²) in [6.07, 6.45) is 6.49. The highest BCUT2D eigenvalue weighted by Crippen LogP contribution is 2.29. The lowest BCUT2D eigenvalue weighted by molar-refractivity contribution is -0.127. The van der Waals surface area contributed by atoms with Crippen LogP contribution >= 0.6 is 11.3 Å². The van der Waals surface area contributed by atoms with Gasteiger partial charge in [-0.25, -0.2) is 13.4 Å². The van der Waals surface area contributed by atoms with Crippen molar-refractivity contribution in [2.75, 3.05) is 26.2 Å². The SMILES string of the molecule is O=C(/C=C/c1ccc(-c2ccccc2)s1)N1CCN(S(=O)(=O)c2c[nH]c3ncccc23)CC1. The van der Waals surface area contributed by atoms with Gasteiger partial charge < -0.3 is 9.88 Å². The van der Waals surface area contributed by atoms with Crippen molar-refractivity contribution in [2.45, 2.75) is 4.90 Å². The van der Waals surface area contributed by atoms with Crippen LogP contribution in [0.25, 0.3) is 27.6 Å². The molecule has 1 fully saturated rings. The van der Waals surface area contributed by atoms with Gasteiger partial charge in [-0.1, -0.05) is 30.3 Å². The van der Waals surface area contributed by atoms with E-state index in [1.807, 2.05) is 36.4 Å². The van der Waals surface area contributed by atoms with Gasteiger partial charge in [0.2, 0.25) is 15.9 Å². The second-order valence-corrected chi connectivity index (χ2v) is 10.7. The zero-order valence-electron chi connectivity index (χ0n) is 17.7. The van der Waals surface area contributed by atoms with Crippen molar-refractivity contribution in [1.29, 1.82) is 0 Å². The lowest BCUT2D eigenvalue weighted by atomic mass is 10.2. The van der Waals surface area contributed by atoms with Crippen molar-refractivity contribution in [2.24, 2.45) is 0 Å². The van der Waals surface area contributed by atoms with Crippen LogP contribution in [0.1, 0.15) is 4.88 Å². The third-order valence-electron chi connectivity index (χ3n) is 5.66. The number of carbonyl (C=O) groups excluding carboxylic acids is 1. The molecule has 0 unspecified atom stereocenters. The fourth-order valence-electron chi connectivity index (χ4n) is 3.89. The van der Waals surface area contributed by atoms with Crippen LogP contribution in [0.2, 0.25) is 0 Å². The molecule has 1 N–H and O–H groups in total. The summed E-state index contributed by atoms with van der Waals surface area (Å²) in [4.78, 5) is 23.8. The van der Waals surface area contributed by atoms with E-state index >= 15 is 0 Å². The van der Waals surface area contributed by atoms with Gasteiger partial charge in [0.25, 0.3) is 0 Å². The van der Waals surface area contributed by atoms with Crippen LogP contribution in [0.15, 0.2) is 78.0 Å². The first-order valence-corrected chi connectivity index (χ1v) is 12.8. The number of nitrogens with zero attached hydrogens (tertiary/aromatic N) is 3. The summed E-state index contributed by atoms with van der Waals surface area (Å²) in [6, 6.07) is 17.6. The standard InChI is InChI=1S/C24H22N4O3S2/c29-23(11-9-19-8-10-21(32-19)18-5-2-1-3-6-18)27-13-15-28(16-14-27)33(30,31)22-17-26-24-20(22)7-4-12-25-24/h1-12,17H,13-16H2,(H,25,26)/b11-9+. The number of H-pyrrole nitrogens is 1. The average Bonchev–Trinajstić information content (AvgIpc) is 3.51. The number of amides is 1. The van der Waals surface area contributed by atoms with Crippen LogP contribution in [-0.2, 0) is 14.8 Å². The second kappa shape index (κ2) is 8.93. The van der Waals surface area contributed by atoms with Gasteiger partial charge in [0.05, 0.1) is 0 Å². The third-order valence-corrected chi connectivity index (χ3v) is 8.69. The number of pyridine rings is 1. The Kier molecular flexibility index (Phi) is 5.84. The topological polar surface area (TPSA) is 86.4 Å². The molecule has 7 nitrogen and oxygen atoms in total. The number of sulfonamides is 1. The molecule has 0 aliphatic carbocycles. The molecular formula is C24H22N4O3S2. The van der Waals surface area contributed by atoms with E-state index in [4.69, 9.17) is 0 Å². The van der Waals surface area contributed by atoms with Crippen molar-refractivity contribution in [3.63, 3.8) is 0 Å². The average molecular weight is 479 g/mol. The molecule has 3 aromatic heterocycles. The first-order valence-electron chi connectivity index (χ1n) is 10.6. The number of carbonyl (C=O) groups is 1. The molecule has 0 bridgehead atoms. The van der Waals surface area contributed by atoms with E-state index in [-0.39, 0.29) is 23.9 Å². The number of aromatic amines is 1. The Labute approximate surface area is 196 Å². The quantitative estimate of drug-likeness (QED) is 0.442. The molecule has 1 aromatic carbocycles. The minimum Gasteiger partial charge on any atom is -0.345 e. The number of hydrogen-bond acceptors (Lipinski definition) is 5. The largest absolute Gasteiger partial charge is 0.345 e. The third kappa shape index (κ3) is 4.35. The lowest BCUT2D eigenvalue weighted by Crippen LogP contribution is -2.50. The number of piperazine rings is 1. The van der Waals surface area contributed by atoms with Gasteiger partial charge in [-0.2, -0.15) is 4.31 Å². The summed E-state index contributed by atoms with van der Waals surface area (Å²) in [5.41, 5.74) is 1.69. The Bertz CT molecular complexity index is 1420. The molecule has 1 saturated heterocycles. The van der Waals surface area contributed by atoms with E-state index in [1.54, 1.807) is 40.6 Å². The number of rotatable bonds is 5. The van der Waals surface area contributed by atoms with Crippen molar-refractivity contribution in [3.05, 3.63) is 77.9 Å². The van der Waals surface area contributed by atoms with Gasteiger partial charge in [-0.15, -0.1) is 11.3 Å². The highest BCUT2D eigenvalue weighted by Gasteiger charge is 2.31. The van der Waals surface area contributed by atoms with E-state index in [9.17, 15) is 13.2 Å². The van der Waals surface area contributed by atoms with Gasteiger partial charge in [0, 0.05) is 59.8 Å². The van der Waals surface area contributed by atoms with Gasteiger partial charge in [0.15, 0.2) is 0 Å². The number of fused-ring (bicyclic) bond motifs is 1. The molecular weight excluding hydrogens is 456 g/mol. The Morgan fingerprint density at radius 1 is 1.00 bits per heavy atom. The van der Waals surface area contributed by atoms with Gasteiger partial charge in [0.1, 0.15) is 10.5 Å². The predicted molar refractivity (Wildman–Crippen MR) is 130 cm³/mol. The Morgan fingerprint density at radius 3 is 2.58 bits per heavy atom. The van der Waals surface area contributed by atoms with Crippen LogP contribution in [0, 0.1) is 0 Å². The van der Waals surface area contributed by atoms with E-state index in [1.165, 1.54) is 10.5 Å². The maximum atomic E-state index is 13.1. The maximum Gasteiger partial charge on any atom is 0.246 e. The zero-order chi connectivity index (χ0) is 22.8. The first kappa shape index (κ1) is 21.6. The molecule has 33 heavy (non-hydrogen) atoms. The Balaban J connectivity index is 1.22. The smallest absolute Gasteiger partial charge is 0.246 e. The number of benzene rings is 1. The lowest BCUT2D eigenvalue weighted by Gasteiger charge is -2.33. The molecule has 5 rings (SSSR count). The second-order valence-electron chi connectivity index (χ2n) is 7.68. The molecule has 0 saturated carbocycles. The molecule has 0 spiro atoms. The summed E-state index contributed by atoms with van der Waals surface area (Å²) in [5, 5.41) is 0.574. The molecule has 0 radical (unpaired) electrons. The zero-order valence-corrected chi connectivity index (χ0v) is 19.3. The molecule has 4 aromatic rings. The molecule has 4 heterocycles. The van der Waals surface area contributed by atoms with Crippen LogP contribution in [0.3, 0.4) is 0 Å². The van der Waals surface area contributed by atoms with Gasteiger partial charge in [-0.3, -0.25) is 4.79 Å². The van der Waals surface area contributed by atoms with Crippen LogP contribution in [0.5, 0.6) is 0 Å². The summed E-state index contributed by atoms with van der Waals surface area (Å²) in [5.74, 6) is -0.113. The number of nitrogens with one attached hydrogen (secondary N) is 1. The van der Waals surface area contributed by atoms with Crippen LogP contribution in [-0.4, -0.2) is 59.7 Å². The molecule has 1 amide bonds. The normalized spacial score (nSPS) is 15.5. The minimum atomic E-state index is -3.67. The van der Waals surface area contributed by atoms with Crippen molar-refractivity contribution in [3.8, 4) is 10.4 Å². The Morgan fingerprint density at radius 2 is 1.79 bits per heavy atom. The summed E-state index contributed by atoms with van der Waals surface area (Å²) in [6.45, 7) is 1.21. The minimum absolute atomic E-state index is 0.113. The number of hydrogen-bond donors (Lipinski definition) is 1. The summed E-state index contributed by atoms with van der Waals surface area (Å²) < 4.78 is 27.7. The van der Waals surface area contributed by atoms with E-state index in [2.05, 4.69) is 22.1 Å². The molecule has 168 valence electrons. The summed E-state index contributed by atoms with van der Waals surface area (Å²) >= 11 is 1.62. The van der Waals surface area contributed by atoms with E-state index in [0.29, 0.717) is 24.1 Å². The highest BCUT2D eigenvalue weighted by molar-refractivity contribution is 7.89. The number of thiophene rings is 1. The Hall–Kier alpha value is -3.27. The summed E-state index contributed by atoms with van der Waals surface area (Å²) in [7, 11) is -3.67. The predicted octanol–water partition coefficient (Wildman–Crippen LogP) is 3.84. The molecule has 0 atom stereocenters. The monoisotopic (exact) mass is 478 g/mol. The first-order chi connectivity index (χ1) is 16.0. The van der Waals surface area contributed by atoms with Crippen molar-refractivity contribution in [1.82, 2.24) is 19.2 Å². The fourth-order valence-corrected chi connectivity index (χ4v) is 6.38. The molecule has 1 aliphatic rings. The van der Waals surface area contributed by atoms with Crippen molar-refractivity contribution < 1.29 is 13.2 Å². The van der Waals surface area contributed by atoms with Crippen LogP contribution < -0.4 is 0 Å². The van der Waals surface area contributed by atoms with Crippen LogP contribution in [0.4, 0.5) is 0 Å². The van der Waals surface area contributed by atoms with Gasteiger partial charge in [-0.05, 0) is 35.9 Å².